The van der Waals surface area contributed by atoms with Gasteiger partial charge in [-0.3, -0.25) is 9.59 Å². The van der Waals surface area contributed by atoms with Crippen LogP contribution >= 0.6 is 0 Å². The van der Waals surface area contributed by atoms with Gasteiger partial charge in [0.25, 0.3) is 11.8 Å². The molecule has 29 heavy (non-hydrogen) atoms. The summed E-state index contributed by atoms with van der Waals surface area (Å²) in [6.07, 6.45) is 5.54. The minimum atomic E-state index is -0.209. The maximum Gasteiger partial charge on any atom is 0.255 e. The fourth-order valence-corrected chi connectivity index (χ4v) is 3.39. The van der Waals surface area contributed by atoms with Crippen LogP contribution in [0.2, 0.25) is 0 Å². The fraction of sp³-hybridized carbons (Fsp3) is 0.417. The molecule has 1 saturated heterocycles. The Balaban J connectivity index is 1.64. The van der Waals surface area contributed by atoms with Crippen molar-refractivity contribution in [2.24, 2.45) is 0 Å². The average molecular weight is 395 g/mol. The molecule has 0 radical (unpaired) electrons. The third-order valence-corrected chi connectivity index (χ3v) is 5.29. The number of hydrogen-bond donors (Lipinski definition) is 1. The number of amides is 2. The van der Waals surface area contributed by atoms with Gasteiger partial charge in [-0.25, -0.2) is 0 Å². The lowest BCUT2D eigenvalue weighted by Gasteiger charge is -2.20. The van der Waals surface area contributed by atoms with Gasteiger partial charge in [-0.05, 0) is 68.7 Å². The fourth-order valence-electron chi connectivity index (χ4n) is 3.39. The Hall–Kier alpha value is -2.82. The molecule has 1 aliphatic heterocycles. The minimum Gasteiger partial charge on any atom is -0.491 e. The maximum absolute atomic E-state index is 12.8. The number of carbonyl (C=O) groups is 2. The second-order valence-corrected chi connectivity index (χ2v) is 7.60. The molecule has 3 rings (SSSR count). The standard InChI is InChI=1S/C24H30N2O3/c1-3-18(2)29-22-13-11-19(12-14-22)23(27)25-21-10-8-9-20(17-21)24(28)26-15-6-4-5-7-16-26/h8-14,17-18H,3-7,15-16H2,1-2H3,(H,25,27). The molecule has 1 N–H and O–H groups in total. The molecule has 1 aliphatic rings. The van der Waals surface area contributed by atoms with Crippen LogP contribution in [0.25, 0.3) is 0 Å². The normalized spacial score (nSPS) is 15.3. The van der Waals surface area contributed by atoms with Crippen molar-refractivity contribution in [1.82, 2.24) is 4.90 Å². The maximum atomic E-state index is 12.8. The summed E-state index contributed by atoms with van der Waals surface area (Å²) in [4.78, 5) is 27.3. The van der Waals surface area contributed by atoms with Gasteiger partial charge in [0.05, 0.1) is 6.10 Å². The Kier molecular flexibility index (Phi) is 7.28. The third-order valence-electron chi connectivity index (χ3n) is 5.29. The smallest absolute Gasteiger partial charge is 0.255 e. The van der Waals surface area contributed by atoms with Crippen molar-refractivity contribution in [3.63, 3.8) is 0 Å². The second-order valence-electron chi connectivity index (χ2n) is 7.60. The van der Waals surface area contributed by atoms with Crippen LogP contribution in [-0.4, -0.2) is 35.9 Å². The van der Waals surface area contributed by atoms with E-state index in [9.17, 15) is 9.59 Å². The molecule has 1 unspecified atom stereocenters. The summed E-state index contributed by atoms with van der Waals surface area (Å²) < 4.78 is 5.75. The zero-order valence-electron chi connectivity index (χ0n) is 17.3. The Morgan fingerprint density at radius 3 is 2.34 bits per heavy atom. The zero-order chi connectivity index (χ0) is 20.6. The number of likely N-dealkylation sites (tertiary alicyclic amines) is 1. The van der Waals surface area contributed by atoms with Crippen LogP contribution < -0.4 is 10.1 Å². The topological polar surface area (TPSA) is 58.6 Å². The Bertz CT molecular complexity index is 824. The van der Waals surface area contributed by atoms with E-state index in [-0.39, 0.29) is 17.9 Å². The zero-order valence-corrected chi connectivity index (χ0v) is 17.3. The largest absolute Gasteiger partial charge is 0.491 e. The lowest BCUT2D eigenvalue weighted by atomic mass is 10.1. The van der Waals surface area contributed by atoms with E-state index in [0.717, 1.165) is 38.1 Å². The highest BCUT2D eigenvalue weighted by atomic mass is 16.5. The SMILES string of the molecule is CCC(C)Oc1ccc(C(=O)Nc2cccc(C(=O)N3CCCCCC3)c2)cc1. The van der Waals surface area contributed by atoms with Gasteiger partial charge in [-0.1, -0.05) is 25.8 Å². The molecule has 2 amide bonds. The predicted molar refractivity (Wildman–Crippen MR) is 116 cm³/mol. The van der Waals surface area contributed by atoms with E-state index in [2.05, 4.69) is 12.2 Å². The molecule has 1 atom stereocenters. The van der Waals surface area contributed by atoms with Gasteiger partial charge in [0, 0.05) is 29.9 Å². The summed E-state index contributed by atoms with van der Waals surface area (Å²) in [5, 5.41) is 2.89. The molecule has 5 heteroatoms. The van der Waals surface area contributed by atoms with Gasteiger partial charge in [0.15, 0.2) is 0 Å². The molecule has 0 spiro atoms. The Morgan fingerprint density at radius 2 is 1.69 bits per heavy atom. The highest BCUT2D eigenvalue weighted by Crippen LogP contribution is 2.19. The molecule has 0 aliphatic carbocycles. The number of hydrogen-bond acceptors (Lipinski definition) is 3. The van der Waals surface area contributed by atoms with Gasteiger partial charge in [0.1, 0.15) is 5.75 Å². The first kappa shape index (κ1) is 20.9. The predicted octanol–water partition coefficient (Wildman–Crippen LogP) is 5.13. The first-order valence-electron chi connectivity index (χ1n) is 10.5. The summed E-state index contributed by atoms with van der Waals surface area (Å²) in [5.41, 5.74) is 1.78. The number of nitrogens with one attached hydrogen (secondary N) is 1. The van der Waals surface area contributed by atoms with Crippen molar-refractivity contribution >= 4 is 17.5 Å². The first-order valence-corrected chi connectivity index (χ1v) is 10.5. The molecular formula is C24H30N2O3. The van der Waals surface area contributed by atoms with E-state index in [0.29, 0.717) is 16.8 Å². The average Bonchev–Trinajstić information content (AvgIpc) is 3.03. The van der Waals surface area contributed by atoms with Crippen LogP contribution in [-0.2, 0) is 0 Å². The first-order chi connectivity index (χ1) is 14.1. The van der Waals surface area contributed by atoms with E-state index in [4.69, 9.17) is 4.74 Å². The van der Waals surface area contributed by atoms with Gasteiger partial charge in [0.2, 0.25) is 0 Å². The number of rotatable bonds is 6. The van der Waals surface area contributed by atoms with E-state index in [1.807, 2.05) is 24.0 Å². The molecule has 2 aromatic carbocycles. The molecule has 0 aromatic heterocycles. The van der Waals surface area contributed by atoms with Crippen LogP contribution in [0.1, 0.15) is 66.7 Å². The van der Waals surface area contributed by atoms with Crippen molar-refractivity contribution in [2.75, 3.05) is 18.4 Å². The highest BCUT2D eigenvalue weighted by molar-refractivity contribution is 6.05. The molecule has 2 aromatic rings. The van der Waals surface area contributed by atoms with Crippen LogP contribution in [0.3, 0.4) is 0 Å². The van der Waals surface area contributed by atoms with E-state index in [1.165, 1.54) is 12.8 Å². The van der Waals surface area contributed by atoms with Crippen LogP contribution in [0.4, 0.5) is 5.69 Å². The monoisotopic (exact) mass is 394 g/mol. The molecular weight excluding hydrogens is 364 g/mol. The quantitative estimate of drug-likeness (QED) is 0.739. The summed E-state index contributed by atoms with van der Waals surface area (Å²) in [5.74, 6) is 0.579. The Labute approximate surface area is 173 Å². The van der Waals surface area contributed by atoms with Crippen molar-refractivity contribution < 1.29 is 14.3 Å². The Morgan fingerprint density at radius 1 is 1.00 bits per heavy atom. The summed E-state index contributed by atoms with van der Waals surface area (Å²) in [7, 11) is 0. The highest BCUT2D eigenvalue weighted by Gasteiger charge is 2.18. The summed E-state index contributed by atoms with van der Waals surface area (Å²) in [6.45, 7) is 5.69. The third kappa shape index (κ3) is 5.83. The lowest BCUT2D eigenvalue weighted by molar-refractivity contribution is 0.0761. The second kappa shape index (κ2) is 10.1. The number of benzene rings is 2. The molecule has 1 heterocycles. The van der Waals surface area contributed by atoms with Gasteiger partial charge in [-0.15, -0.1) is 0 Å². The van der Waals surface area contributed by atoms with E-state index < -0.39 is 0 Å². The van der Waals surface area contributed by atoms with Crippen molar-refractivity contribution in [3.05, 3.63) is 59.7 Å². The van der Waals surface area contributed by atoms with E-state index >= 15 is 0 Å². The summed E-state index contributed by atoms with van der Waals surface area (Å²) >= 11 is 0. The minimum absolute atomic E-state index is 0.0366. The number of nitrogens with zero attached hydrogens (tertiary/aromatic N) is 1. The van der Waals surface area contributed by atoms with Crippen molar-refractivity contribution in [1.29, 1.82) is 0 Å². The lowest BCUT2D eigenvalue weighted by Crippen LogP contribution is -2.31. The van der Waals surface area contributed by atoms with Crippen molar-refractivity contribution in [3.8, 4) is 5.75 Å². The molecule has 0 bridgehead atoms. The van der Waals surface area contributed by atoms with Crippen molar-refractivity contribution in [2.45, 2.75) is 52.1 Å². The molecule has 1 fully saturated rings. The van der Waals surface area contributed by atoms with Gasteiger partial charge >= 0.3 is 0 Å². The molecule has 154 valence electrons. The van der Waals surface area contributed by atoms with Crippen LogP contribution in [0, 0.1) is 0 Å². The van der Waals surface area contributed by atoms with Gasteiger partial charge < -0.3 is 15.0 Å². The summed E-state index contributed by atoms with van der Waals surface area (Å²) in [6, 6.07) is 14.3. The number of anilines is 1. The van der Waals surface area contributed by atoms with Crippen LogP contribution in [0.5, 0.6) is 5.75 Å². The number of carbonyl (C=O) groups excluding carboxylic acids is 2. The number of ether oxygens (including phenoxy) is 1. The van der Waals surface area contributed by atoms with Gasteiger partial charge in [-0.2, -0.15) is 0 Å². The molecule has 5 nitrogen and oxygen atoms in total. The van der Waals surface area contributed by atoms with Crippen LogP contribution in [0.15, 0.2) is 48.5 Å². The molecule has 0 saturated carbocycles. The van der Waals surface area contributed by atoms with E-state index in [1.54, 1.807) is 36.4 Å².